The number of carbonyl (C=O) groups excluding carboxylic acids is 2. The van der Waals surface area contributed by atoms with Crippen LogP contribution in [0, 0.1) is 18.3 Å². The first-order valence-electron chi connectivity index (χ1n) is 8.54. The number of piperidine rings is 1. The summed E-state index contributed by atoms with van der Waals surface area (Å²) in [4.78, 5) is 38.2. The molecule has 0 bridgehead atoms. The number of hydrogen-bond acceptors (Lipinski definition) is 3. The molecule has 1 unspecified atom stereocenters. The van der Waals surface area contributed by atoms with Gasteiger partial charge in [-0.1, -0.05) is 32.4 Å². The highest BCUT2D eigenvalue weighted by Gasteiger charge is 2.33. The van der Waals surface area contributed by atoms with Crippen LogP contribution >= 0.6 is 0 Å². The number of hydrogen-bond donors (Lipinski definition) is 2. The van der Waals surface area contributed by atoms with E-state index in [0.29, 0.717) is 25.2 Å². The average Bonchev–Trinajstić information content (AvgIpc) is 2.54. The predicted octanol–water partition coefficient (Wildman–Crippen LogP) is 2.92. The van der Waals surface area contributed by atoms with Crippen LogP contribution in [0.3, 0.4) is 0 Å². The lowest BCUT2D eigenvalue weighted by Crippen LogP contribution is -2.47. The summed E-state index contributed by atoms with van der Waals surface area (Å²) in [7, 11) is 0. The zero-order valence-electron chi connectivity index (χ0n) is 15.3. The van der Waals surface area contributed by atoms with Crippen LogP contribution in [-0.2, 0) is 9.59 Å². The number of nitrogens with one attached hydrogen (secondary N) is 1. The van der Waals surface area contributed by atoms with Gasteiger partial charge in [0, 0.05) is 18.5 Å². The lowest BCUT2D eigenvalue weighted by Gasteiger charge is -2.35. The quantitative estimate of drug-likeness (QED) is 0.881. The molecule has 25 heavy (non-hydrogen) atoms. The molecule has 0 spiro atoms. The normalized spacial score (nSPS) is 17.9. The van der Waals surface area contributed by atoms with Crippen molar-refractivity contribution < 1.29 is 19.5 Å². The fourth-order valence-electron chi connectivity index (χ4n) is 3.03. The van der Waals surface area contributed by atoms with E-state index in [1.54, 1.807) is 24.0 Å². The van der Waals surface area contributed by atoms with Gasteiger partial charge in [0.25, 0.3) is 0 Å². The molecule has 2 amide bonds. The zero-order valence-corrected chi connectivity index (χ0v) is 15.3. The van der Waals surface area contributed by atoms with Gasteiger partial charge >= 0.3 is 5.97 Å². The van der Waals surface area contributed by atoms with Gasteiger partial charge < -0.3 is 15.3 Å². The number of amides is 2. The third-order valence-corrected chi connectivity index (χ3v) is 4.38. The van der Waals surface area contributed by atoms with E-state index in [0.717, 1.165) is 12.0 Å². The van der Waals surface area contributed by atoms with Crippen molar-refractivity contribution in [2.24, 2.45) is 11.3 Å². The van der Waals surface area contributed by atoms with Gasteiger partial charge in [-0.15, -0.1) is 0 Å². The van der Waals surface area contributed by atoms with Crippen LogP contribution in [0.15, 0.2) is 18.2 Å². The molecule has 6 nitrogen and oxygen atoms in total. The topological polar surface area (TPSA) is 86.7 Å². The van der Waals surface area contributed by atoms with Gasteiger partial charge in [0.05, 0.1) is 17.2 Å². The minimum absolute atomic E-state index is 0.0339. The van der Waals surface area contributed by atoms with E-state index >= 15 is 0 Å². The molecule has 2 rings (SSSR count). The maximum atomic E-state index is 12.6. The number of nitrogens with zero attached hydrogens (tertiary/aromatic N) is 1. The fraction of sp³-hybridized carbons (Fsp3) is 0.526. The van der Waals surface area contributed by atoms with E-state index in [4.69, 9.17) is 0 Å². The van der Waals surface area contributed by atoms with E-state index < -0.39 is 11.4 Å². The highest BCUT2D eigenvalue weighted by Crippen LogP contribution is 2.25. The molecule has 0 saturated carbocycles. The molecule has 136 valence electrons. The molecule has 2 N–H and O–H groups in total. The first-order chi connectivity index (χ1) is 11.6. The number of aromatic carboxylic acids is 1. The number of carboxylic acid groups (broad SMARTS) is 1. The Morgan fingerprint density at radius 3 is 2.52 bits per heavy atom. The van der Waals surface area contributed by atoms with Crippen molar-refractivity contribution in [2.75, 3.05) is 18.4 Å². The first kappa shape index (κ1) is 19.0. The third-order valence-electron chi connectivity index (χ3n) is 4.38. The van der Waals surface area contributed by atoms with Gasteiger partial charge in [-0.2, -0.15) is 0 Å². The standard InChI is InChI=1S/C19H26N2O4/c1-12-7-8-15(14(10-12)17(23)24)20-16(22)13-6-5-9-21(11-13)18(25)19(2,3)4/h7-8,10,13H,5-6,9,11H2,1-4H3,(H,20,22)(H,23,24). The molecule has 1 heterocycles. The molecule has 1 aromatic carbocycles. The largest absolute Gasteiger partial charge is 0.478 e. The number of carbonyl (C=O) groups is 3. The predicted molar refractivity (Wildman–Crippen MR) is 95.5 cm³/mol. The molecule has 0 aliphatic carbocycles. The molecule has 1 saturated heterocycles. The summed E-state index contributed by atoms with van der Waals surface area (Å²) in [5, 5.41) is 12.0. The molecule has 1 aliphatic heterocycles. The summed E-state index contributed by atoms with van der Waals surface area (Å²) in [6, 6.07) is 4.91. The van der Waals surface area contributed by atoms with E-state index in [9.17, 15) is 19.5 Å². The number of anilines is 1. The molecule has 0 aromatic heterocycles. The van der Waals surface area contributed by atoms with Crippen LogP contribution in [0.4, 0.5) is 5.69 Å². The van der Waals surface area contributed by atoms with Crippen molar-refractivity contribution in [2.45, 2.75) is 40.5 Å². The summed E-state index contributed by atoms with van der Waals surface area (Å²) in [6.45, 7) is 8.43. The maximum absolute atomic E-state index is 12.6. The second kappa shape index (κ2) is 7.25. The average molecular weight is 346 g/mol. The van der Waals surface area contributed by atoms with Crippen molar-refractivity contribution in [3.63, 3.8) is 0 Å². The van der Waals surface area contributed by atoms with Crippen molar-refractivity contribution in [1.82, 2.24) is 4.90 Å². The Bertz CT molecular complexity index is 691. The summed E-state index contributed by atoms with van der Waals surface area (Å²) in [5.41, 5.74) is 0.704. The molecule has 1 aliphatic rings. The van der Waals surface area contributed by atoms with Crippen LogP contribution in [0.2, 0.25) is 0 Å². The van der Waals surface area contributed by atoms with Crippen LogP contribution < -0.4 is 5.32 Å². The Morgan fingerprint density at radius 1 is 1.24 bits per heavy atom. The van der Waals surface area contributed by atoms with E-state index in [1.165, 1.54) is 6.07 Å². The van der Waals surface area contributed by atoms with Crippen LogP contribution in [0.25, 0.3) is 0 Å². The highest BCUT2D eigenvalue weighted by molar-refractivity contribution is 6.01. The number of likely N-dealkylation sites (tertiary alicyclic amines) is 1. The maximum Gasteiger partial charge on any atom is 0.337 e. The molecule has 1 atom stereocenters. The second-order valence-corrected chi connectivity index (χ2v) is 7.68. The van der Waals surface area contributed by atoms with Gasteiger partial charge in [0.1, 0.15) is 0 Å². The Kier molecular flexibility index (Phi) is 5.50. The summed E-state index contributed by atoms with van der Waals surface area (Å²) < 4.78 is 0. The fourth-order valence-corrected chi connectivity index (χ4v) is 3.03. The number of carboxylic acids is 1. The van der Waals surface area contributed by atoms with Gasteiger partial charge in [-0.3, -0.25) is 9.59 Å². The Hall–Kier alpha value is -2.37. The van der Waals surface area contributed by atoms with Crippen molar-refractivity contribution >= 4 is 23.5 Å². The number of rotatable bonds is 3. The molecular formula is C19H26N2O4. The number of aryl methyl sites for hydroxylation is 1. The molecule has 1 fully saturated rings. The lowest BCUT2D eigenvalue weighted by molar-refractivity contribution is -0.142. The van der Waals surface area contributed by atoms with Crippen molar-refractivity contribution in [3.05, 3.63) is 29.3 Å². The third kappa shape index (κ3) is 4.59. The van der Waals surface area contributed by atoms with Gasteiger partial charge in [-0.25, -0.2) is 4.79 Å². The van der Waals surface area contributed by atoms with Crippen LogP contribution in [0.5, 0.6) is 0 Å². The minimum atomic E-state index is -1.08. The van der Waals surface area contributed by atoms with Crippen molar-refractivity contribution in [1.29, 1.82) is 0 Å². The lowest BCUT2D eigenvalue weighted by atomic mass is 9.91. The van der Waals surface area contributed by atoms with Gasteiger partial charge in [0.2, 0.25) is 11.8 Å². The Labute approximate surface area is 148 Å². The zero-order chi connectivity index (χ0) is 18.8. The summed E-state index contributed by atoms with van der Waals surface area (Å²) in [6.07, 6.45) is 1.45. The Morgan fingerprint density at radius 2 is 1.92 bits per heavy atom. The smallest absolute Gasteiger partial charge is 0.337 e. The van der Waals surface area contributed by atoms with Gasteiger partial charge in [-0.05, 0) is 31.9 Å². The van der Waals surface area contributed by atoms with Gasteiger partial charge in [0.15, 0.2) is 0 Å². The molecule has 0 radical (unpaired) electrons. The number of benzene rings is 1. The monoisotopic (exact) mass is 346 g/mol. The summed E-state index contributed by atoms with van der Waals surface area (Å²) in [5.74, 6) is -1.61. The molecule has 1 aromatic rings. The molecule has 6 heteroatoms. The molecular weight excluding hydrogens is 320 g/mol. The summed E-state index contributed by atoms with van der Waals surface area (Å²) >= 11 is 0. The first-order valence-corrected chi connectivity index (χ1v) is 8.54. The SMILES string of the molecule is Cc1ccc(NC(=O)C2CCCN(C(=O)C(C)(C)C)C2)c(C(=O)O)c1. The second-order valence-electron chi connectivity index (χ2n) is 7.68. The van der Waals surface area contributed by atoms with Crippen LogP contribution in [0.1, 0.15) is 49.5 Å². The van der Waals surface area contributed by atoms with E-state index in [-0.39, 0.29) is 23.3 Å². The minimum Gasteiger partial charge on any atom is -0.478 e. The highest BCUT2D eigenvalue weighted by atomic mass is 16.4. The van der Waals surface area contributed by atoms with Crippen molar-refractivity contribution in [3.8, 4) is 0 Å². The van der Waals surface area contributed by atoms with E-state index in [2.05, 4.69) is 5.32 Å². The van der Waals surface area contributed by atoms with E-state index in [1.807, 2.05) is 20.8 Å². The van der Waals surface area contributed by atoms with Crippen LogP contribution in [-0.4, -0.2) is 40.9 Å². The Balaban J connectivity index is 2.11.